The molecule has 5 nitrogen and oxygen atoms in total. The summed E-state index contributed by atoms with van der Waals surface area (Å²) in [7, 11) is 0. The molecule has 1 saturated carbocycles. The van der Waals surface area contributed by atoms with E-state index in [4.69, 9.17) is 9.47 Å². The van der Waals surface area contributed by atoms with Gasteiger partial charge >= 0.3 is 0 Å². The molecule has 4 rings (SSSR count). The van der Waals surface area contributed by atoms with Crippen molar-refractivity contribution in [1.82, 2.24) is 9.97 Å². The minimum Gasteiger partial charge on any atom is -0.476 e. The van der Waals surface area contributed by atoms with Crippen LogP contribution in [0.5, 0.6) is 5.88 Å². The quantitative estimate of drug-likeness (QED) is 0.827. The standard InChI is InChI=1S/C18H23N3O2S/c1-2-5-14(4-1)13-23-18-11-19-10-17(20-18)21-7-8-22-15(12-21)16-6-3-9-24-16/h3,6,9-11,14-15H,1-2,4-5,7-8,12-13H2. The highest BCUT2D eigenvalue weighted by molar-refractivity contribution is 7.10. The number of hydrogen-bond donors (Lipinski definition) is 0. The van der Waals surface area contributed by atoms with Crippen LogP contribution in [0, 0.1) is 5.92 Å². The molecule has 2 aromatic heterocycles. The Kier molecular flexibility index (Phi) is 4.94. The van der Waals surface area contributed by atoms with Crippen molar-refractivity contribution in [2.75, 3.05) is 31.2 Å². The molecule has 0 aromatic carbocycles. The van der Waals surface area contributed by atoms with Crippen molar-refractivity contribution >= 4 is 17.2 Å². The Hall–Kier alpha value is -1.66. The van der Waals surface area contributed by atoms with Crippen molar-refractivity contribution in [2.24, 2.45) is 5.92 Å². The third-order valence-electron chi connectivity index (χ3n) is 4.79. The van der Waals surface area contributed by atoms with Crippen molar-refractivity contribution in [1.29, 1.82) is 0 Å². The van der Waals surface area contributed by atoms with Gasteiger partial charge in [0.05, 0.1) is 32.2 Å². The number of aromatic nitrogens is 2. The minimum absolute atomic E-state index is 0.114. The largest absolute Gasteiger partial charge is 0.476 e. The average molecular weight is 345 g/mol. The van der Waals surface area contributed by atoms with Gasteiger partial charge in [-0.15, -0.1) is 11.3 Å². The number of rotatable bonds is 5. The lowest BCUT2D eigenvalue weighted by Crippen LogP contribution is -2.38. The van der Waals surface area contributed by atoms with E-state index in [1.807, 2.05) is 6.20 Å². The van der Waals surface area contributed by atoms with E-state index in [0.717, 1.165) is 25.5 Å². The maximum Gasteiger partial charge on any atom is 0.234 e. The molecular weight excluding hydrogens is 322 g/mol. The van der Waals surface area contributed by atoms with Crippen LogP contribution in [-0.2, 0) is 4.74 Å². The molecule has 0 N–H and O–H groups in total. The second-order valence-electron chi connectivity index (χ2n) is 6.50. The summed E-state index contributed by atoms with van der Waals surface area (Å²) in [5.74, 6) is 2.20. The molecule has 2 aliphatic rings. The van der Waals surface area contributed by atoms with Crippen LogP contribution < -0.4 is 9.64 Å². The number of hydrogen-bond acceptors (Lipinski definition) is 6. The molecule has 0 amide bonds. The lowest BCUT2D eigenvalue weighted by molar-refractivity contribution is 0.0418. The molecule has 128 valence electrons. The van der Waals surface area contributed by atoms with Gasteiger partial charge in [-0.3, -0.25) is 4.98 Å². The summed E-state index contributed by atoms with van der Waals surface area (Å²) < 4.78 is 11.8. The third-order valence-corrected chi connectivity index (χ3v) is 5.76. The fraction of sp³-hybridized carbons (Fsp3) is 0.556. The summed E-state index contributed by atoms with van der Waals surface area (Å²) in [5.41, 5.74) is 0. The van der Waals surface area contributed by atoms with Crippen LogP contribution in [0.4, 0.5) is 5.82 Å². The smallest absolute Gasteiger partial charge is 0.234 e. The fourth-order valence-corrected chi connectivity index (χ4v) is 4.21. The van der Waals surface area contributed by atoms with Crippen molar-refractivity contribution in [2.45, 2.75) is 31.8 Å². The van der Waals surface area contributed by atoms with E-state index in [-0.39, 0.29) is 6.10 Å². The van der Waals surface area contributed by atoms with Crippen LogP contribution >= 0.6 is 11.3 Å². The van der Waals surface area contributed by atoms with Gasteiger partial charge in [-0.1, -0.05) is 18.9 Å². The monoisotopic (exact) mass is 345 g/mol. The van der Waals surface area contributed by atoms with Crippen molar-refractivity contribution < 1.29 is 9.47 Å². The second kappa shape index (κ2) is 7.49. The van der Waals surface area contributed by atoms with E-state index >= 15 is 0 Å². The van der Waals surface area contributed by atoms with E-state index in [1.165, 1.54) is 30.6 Å². The van der Waals surface area contributed by atoms with Crippen LogP contribution in [0.15, 0.2) is 29.9 Å². The predicted molar refractivity (Wildman–Crippen MR) is 94.7 cm³/mol. The van der Waals surface area contributed by atoms with Crippen LogP contribution in [0.2, 0.25) is 0 Å². The molecule has 6 heteroatoms. The van der Waals surface area contributed by atoms with Crippen molar-refractivity contribution in [3.63, 3.8) is 0 Å². The molecule has 2 aromatic rings. The van der Waals surface area contributed by atoms with Gasteiger partial charge in [0.1, 0.15) is 6.10 Å². The van der Waals surface area contributed by atoms with E-state index < -0.39 is 0 Å². The lowest BCUT2D eigenvalue weighted by atomic mass is 10.1. The molecule has 24 heavy (non-hydrogen) atoms. The molecule has 1 aliphatic carbocycles. The zero-order valence-corrected chi connectivity index (χ0v) is 14.6. The predicted octanol–water partition coefficient (Wildman–Crippen LogP) is 3.69. The summed E-state index contributed by atoms with van der Waals surface area (Å²) in [5, 5.41) is 2.09. The summed E-state index contributed by atoms with van der Waals surface area (Å²) in [6, 6.07) is 4.20. The van der Waals surface area contributed by atoms with Crippen LogP contribution in [0.3, 0.4) is 0 Å². The Labute approximate surface area is 146 Å². The Morgan fingerprint density at radius 3 is 3.04 bits per heavy atom. The second-order valence-corrected chi connectivity index (χ2v) is 7.48. The van der Waals surface area contributed by atoms with Gasteiger partial charge in [0.2, 0.25) is 5.88 Å². The molecule has 1 atom stereocenters. The number of morpholine rings is 1. The fourth-order valence-electron chi connectivity index (χ4n) is 3.44. The lowest BCUT2D eigenvalue weighted by Gasteiger charge is -2.33. The molecule has 3 heterocycles. The zero-order chi connectivity index (χ0) is 16.2. The highest BCUT2D eigenvalue weighted by Gasteiger charge is 2.24. The highest BCUT2D eigenvalue weighted by Crippen LogP contribution is 2.29. The van der Waals surface area contributed by atoms with Crippen molar-refractivity contribution in [3.8, 4) is 5.88 Å². The summed E-state index contributed by atoms with van der Waals surface area (Å²) >= 11 is 1.74. The van der Waals surface area contributed by atoms with Gasteiger partial charge in [0, 0.05) is 11.4 Å². The highest BCUT2D eigenvalue weighted by atomic mass is 32.1. The van der Waals surface area contributed by atoms with Crippen LogP contribution in [0.1, 0.15) is 36.7 Å². The van der Waals surface area contributed by atoms with E-state index in [0.29, 0.717) is 18.4 Å². The van der Waals surface area contributed by atoms with Crippen LogP contribution in [0.25, 0.3) is 0 Å². The summed E-state index contributed by atoms with van der Waals surface area (Å²) in [4.78, 5) is 12.5. The van der Waals surface area contributed by atoms with E-state index in [1.54, 1.807) is 17.5 Å². The van der Waals surface area contributed by atoms with Gasteiger partial charge in [-0.2, -0.15) is 4.98 Å². The Bertz CT molecular complexity index is 643. The molecule has 1 unspecified atom stereocenters. The van der Waals surface area contributed by atoms with E-state index in [9.17, 15) is 0 Å². The Morgan fingerprint density at radius 2 is 2.21 bits per heavy atom. The first-order chi connectivity index (χ1) is 11.9. The van der Waals surface area contributed by atoms with Crippen LogP contribution in [-0.4, -0.2) is 36.3 Å². The molecule has 2 fully saturated rings. The number of anilines is 1. The van der Waals surface area contributed by atoms with Crippen molar-refractivity contribution in [3.05, 3.63) is 34.8 Å². The number of ether oxygens (including phenoxy) is 2. The van der Waals surface area contributed by atoms with Gasteiger partial charge in [-0.25, -0.2) is 0 Å². The topological polar surface area (TPSA) is 47.5 Å². The minimum atomic E-state index is 0.114. The molecular formula is C18H23N3O2S. The van der Waals surface area contributed by atoms with Gasteiger partial charge in [-0.05, 0) is 30.2 Å². The number of thiophene rings is 1. The van der Waals surface area contributed by atoms with E-state index in [2.05, 4.69) is 32.4 Å². The first-order valence-electron chi connectivity index (χ1n) is 8.73. The normalized spacial score (nSPS) is 22.0. The maximum absolute atomic E-state index is 5.91. The number of nitrogens with zero attached hydrogens (tertiary/aromatic N) is 3. The van der Waals surface area contributed by atoms with Gasteiger partial charge < -0.3 is 14.4 Å². The molecule has 0 radical (unpaired) electrons. The molecule has 1 saturated heterocycles. The summed E-state index contributed by atoms with van der Waals surface area (Å²) in [6.45, 7) is 3.11. The SMILES string of the molecule is c1csc(C2CN(c3cncc(OCC4CCCC4)n3)CCO2)c1. The molecule has 0 bridgehead atoms. The summed E-state index contributed by atoms with van der Waals surface area (Å²) in [6.07, 6.45) is 8.87. The Morgan fingerprint density at radius 1 is 1.29 bits per heavy atom. The third kappa shape index (κ3) is 3.70. The first kappa shape index (κ1) is 15.8. The first-order valence-corrected chi connectivity index (χ1v) is 9.61. The Balaban J connectivity index is 1.40. The van der Waals surface area contributed by atoms with Gasteiger partial charge in [0.25, 0.3) is 0 Å². The molecule has 1 aliphatic heterocycles. The zero-order valence-electron chi connectivity index (χ0n) is 13.8. The van der Waals surface area contributed by atoms with Gasteiger partial charge in [0.15, 0.2) is 5.82 Å². The molecule has 0 spiro atoms. The maximum atomic E-state index is 5.91. The average Bonchev–Trinajstić information content (AvgIpc) is 3.34.